The fourth-order valence-corrected chi connectivity index (χ4v) is 2.11. The summed E-state index contributed by atoms with van der Waals surface area (Å²) in [4.78, 5) is 15.1. The molecule has 1 aromatic carbocycles. The Hall–Kier alpha value is -2.01. The Balaban J connectivity index is 2.20. The summed E-state index contributed by atoms with van der Waals surface area (Å²) in [5, 5.41) is 3.91. The van der Waals surface area contributed by atoms with Crippen LogP contribution < -0.4 is 11.1 Å². The Morgan fingerprint density at radius 3 is 2.80 bits per heavy atom. The number of benzene rings is 1. The minimum Gasteiger partial charge on any atom is -0.444 e. The Morgan fingerprint density at radius 2 is 2.15 bits per heavy atom. The number of hydrogen-bond acceptors (Lipinski definition) is 3. The first-order chi connectivity index (χ1) is 9.40. The van der Waals surface area contributed by atoms with Gasteiger partial charge in [-0.05, 0) is 37.8 Å². The van der Waals surface area contributed by atoms with Crippen molar-refractivity contribution < 1.29 is 9.53 Å². The van der Waals surface area contributed by atoms with Crippen LogP contribution in [-0.4, -0.2) is 23.2 Å². The molecule has 0 radical (unpaired) electrons. The van der Waals surface area contributed by atoms with Crippen LogP contribution in [0.15, 0.2) is 30.5 Å². The third kappa shape index (κ3) is 3.30. The lowest BCUT2D eigenvalue weighted by Crippen LogP contribution is -2.37. The molecule has 108 valence electrons. The summed E-state index contributed by atoms with van der Waals surface area (Å²) in [6.45, 7) is 5.79. The normalized spacial score (nSPS) is 13.2. The molecule has 2 aromatic rings. The van der Waals surface area contributed by atoms with Gasteiger partial charge in [0, 0.05) is 12.7 Å². The molecule has 1 unspecified atom stereocenters. The molecule has 0 aliphatic carbocycles. The van der Waals surface area contributed by atoms with E-state index in [-0.39, 0.29) is 6.04 Å². The van der Waals surface area contributed by atoms with Crippen molar-refractivity contribution in [2.24, 2.45) is 5.73 Å². The van der Waals surface area contributed by atoms with Gasteiger partial charge in [0.2, 0.25) is 0 Å². The first-order valence-electron chi connectivity index (χ1n) is 6.66. The minimum atomic E-state index is -0.526. The van der Waals surface area contributed by atoms with E-state index in [4.69, 9.17) is 10.5 Å². The fourth-order valence-electron chi connectivity index (χ4n) is 2.11. The SMILES string of the molecule is CC(C)(C)OC(=O)NC(CN)c1cccc2cc[nH]c12. The van der Waals surface area contributed by atoms with Gasteiger partial charge in [0.25, 0.3) is 0 Å². The molecule has 5 heteroatoms. The zero-order valence-corrected chi connectivity index (χ0v) is 12.1. The largest absolute Gasteiger partial charge is 0.444 e. The van der Waals surface area contributed by atoms with E-state index in [1.165, 1.54) is 0 Å². The molecule has 0 saturated heterocycles. The second-order valence-corrected chi connectivity index (χ2v) is 5.72. The third-order valence-corrected chi connectivity index (χ3v) is 2.92. The Labute approximate surface area is 118 Å². The molecular formula is C15H21N3O2. The standard InChI is InChI=1S/C15H21N3O2/c1-15(2,3)20-14(19)18-12(9-16)11-6-4-5-10-7-8-17-13(10)11/h4-8,12,17H,9,16H2,1-3H3,(H,18,19). The predicted octanol–water partition coefficient (Wildman–Crippen LogP) is 2.69. The molecule has 1 atom stereocenters. The van der Waals surface area contributed by atoms with Crippen molar-refractivity contribution >= 4 is 17.0 Å². The maximum atomic E-state index is 11.9. The highest BCUT2D eigenvalue weighted by Gasteiger charge is 2.21. The van der Waals surface area contributed by atoms with E-state index >= 15 is 0 Å². The second-order valence-electron chi connectivity index (χ2n) is 5.72. The van der Waals surface area contributed by atoms with Gasteiger partial charge in [0.1, 0.15) is 5.60 Å². The monoisotopic (exact) mass is 275 g/mol. The molecule has 0 spiro atoms. The van der Waals surface area contributed by atoms with Crippen LogP contribution in [-0.2, 0) is 4.74 Å². The quantitative estimate of drug-likeness (QED) is 0.805. The predicted molar refractivity (Wildman–Crippen MR) is 79.5 cm³/mol. The molecule has 0 saturated carbocycles. The maximum absolute atomic E-state index is 11.9. The average Bonchev–Trinajstić information content (AvgIpc) is 2.81. The molecular weight excluding hydrogens is 254 g/mol. The van der Waals surface area contributed by atoms with Crippen LogP contribution in [0.4, 0.5) is 4.79 Å². The molecule has 20 heavy (non-hydrogen) atoms. The summed E-state index contributed by atoms with van der Waals surface area (Å²) in [5.74, 6) is 0. The summed E-state index contributed by atoms with van der Waals surface area (Å²) in [6.07, 6.45) is 1.41. The van der Waals surface area contributed by atoms with Crippen LogP contribution in [0.3, 0.4) is 0 Å². The van der Waals surface area contributed by atoms with Crippen molar-refractivity contribution in [3.8, 4) is 0 Å². The van der Waals surface area contributed by atoms with Crippen molar-refractivity contribution in [2.45, 2.75) is 32.4 Å². The van der Waals surface area contributed by atoms with Gasteiger partial charge in [-0.25, -0.2) is 4.79 Å². The number of amides is 1. The molecule has 1 amide bonds. The Morgan fingerprint density at radius 1 is 1.40 bits per heavy atom. The fraction of sp³-hybridized carbons (Fsp3) is 0.400. The van der Waals surface area contributed by atoms with Gasteiger partial charge in [-0.2, -0.15) is 0 Å². The van der Waals surface area contributed by atoms with E-state index in [0.717, 1.165) is 16.5 Å². The van der Waals surface area contributed by atoms with Crippen molar-refractivity contribution in [3.63, 3.8) is 0 Å². The number of H-pyrrole nitrogens is 1. The van der Waals surface area contributed by atoms with Gasteiger partial charge in [0.15, 0.2) is 0 Å². The molecule has 0 aliphatic rings. The van der Waals surface area contributed by atoms with Crippen molar-refractivity contribution in [1.82, 2.24) is 10.3 Å². The van der Waals surface area contributed by atoms with Crippen molar-refractivity contribution in [1.29, 1.82) is 0 Å². The van der Waals surface area contributed by atoms with E-state index in [0.29, 0.717) is 6.54 Å². The van der Waals surface area contributed by atoms with Crippen LogP contribution in [0.1, 0.15) is 32.4 Å². The minimum absolute atomic E-state index is 0.285. The zero-order chi connectivity index (χ0) is 14.8. The van der Waals surface area contributed by atoms with E-state index < -0.39 is 11.7 Å². The van der Waals surface area contributed by atoms with Crippen LogP contribution >= 0.6 is 0 Å². The topological polar surface area (TPSA) is 80.1 Å². The number of rotatable bonds is 3. The lowest BCUT2D eigenvalue weighted by atomic mass is 10.0. The summed E-state index contributed by atoms with van der Waals surface area (Å²) in [5.41, 5.74) is 7.21. The first kappa shape index (κ1) is 14.4. The van der Waals surface area contributed by atoms with Gasteiger partial charge < -0.3 is 20.8 Å². The van der Waals surface area contributed by atoms with E-state index in [1.807, 2.05) is 51.2 Å². The number of ether oxygens (including phenoxy) is 1. The lowest BCUT2D eigenvalue weighted by Gasteiger charge is -2.23. The number of aromatic nitrogens is 1. The molecule has 0 bridgehead atoms. The first-order valence-corrected chi connectivity index (χ1v) is 6.66. The average molecular weight is 275 g/mol. The van der Waals surface area contributed by atoms with E-state index in [2.05, 4.69) is 10.3 Å². The number of para-hydroxylation sites is 1. The number of carbonyl (C=O) groups excluding carboxylic acids is 1. The molecule has 1 aromatic heterocycles. The summed E-state index contributed by atoms with van der Waals surface area (Å²) in [6, 6.07) is 7.61. The lowest BCUT2D eigenvalue weighted by molar-refractivity contribution is 0.0505. The number of aromatic amines is 1. The molecule has 2 rings (SSSR count). The van der Waals surface area contributed by atoms with Crippen LogP contribution in [0.5, 0.6) is 0 Å². The van der Waals surface area contributed by atoms with Crippen molar-refractivity contribution in [3.05, 3.63) is 36.0 Å². The highest BCUT2D eigenvalue weighted by molar-refractivity contribution is 5.83. The van der Waals surface area contributed by atoms with Crippen molar-refractivity contribution in [2.75, 3.05) is 6.54 Å². The van der Waals surface area contributed by atoms with Gasteiger partial charge in [-0.15, -0.1) is 0 Å². The number of hydrogen-bond donors (Lipinski definition) is 3. The smallest absolute Gasteiger partial charge is 0.408 e. The van der Waals surface area contributed by atoms with Gasteiger partial charge in [-0.1, -0.05) is 18.2 Å². The van der Waals surface area contributed by atoms with Crippen LogP contribution in [0.25, 0.3) is 10.9 Å². The zero-order valence-electron chi connectivity index (χ0n) is 12.1. The summed E-state index contributed by atoms with van der Waals surface area (Å²) >= 11 is 0. The molecule has 5 nitrogen and oxygen atoms in total. The Kier molecular flexibility index (Phi) is 3.99. The molecule has 0 aliphatic heterocycles. The van der Waals surface area contributed by atoms with Crippen LogP contribution in [0.2, 0.25) is 0 Å². The van der Waals surface area contributed by atoms with E-state index in [9.17, 15) is 4.79 Å². The summed E-state index contributed by atoms with van der Waals surface area (Å²) < 4.78 is 5.27. The van der Waals surface area contributed by atoms with Gasteiger partial charge >= 0.3 is 6.09 Å². The van der Waals surface area contributed by atoms with Gasteiger partial charge in [0.05, 0.1) is 11.6 Å². The van der Waals surface area contributed by atoms with E-state index in [1.54, 1.807) is 0 Å². The maximum Gasteiger partial charge on any atom is 0.408 e. The third-order valence-electron chi connectivity index (χ3n) is 2.92. The van der Waals surface area contributed by atoms with Crippen LogP contribution in [0, 0.1) is 0 Å². The number of carbonyl (C=O) groups is 1. The number of fused-ring (bicyclic) bond motifs is 1. The number of nitrogens with two attached hydrogens (primary N) is 1. The number of alkyl carbamates (subject to hydrolysis) is 1. The second kappa shape index (κ2) is 5.54. The highest BCUT2D eigenvalue weighted by atomic mass is 16.6. The molecule has 0 fully saturated rings. The molecule has 4 N–H and O–H groups in total. The summed E-state index contributed by atoms with van der Waals surface area (Å²) in [7, 11) is 0. The molecule has 1 heterocycles. The Bertz CT molecular complexity index is 598. The highest BCUT2D eigenvalue weighted by Crippen LogP contribution is 2.23. The number of nitrogens with one attached hydrogen (secondary N) is 2. The van der Waals surface area contributed by atoms with Gasteiger partial charge in [-0.3, -0.25) is 0 Å².